The Labute approximate surface area is 220 Å². The number of fused-ring (bicyclic) bond motifs is 1. The third-order valence-electron chi connectivity index (χ3n) is 6.36. The maximum atomic E-state index is 13.4. The van der Waals surface area contributed by atoms with Crippen LogP contribution in [0.5, 0.6) is 5.75 Å². The number of nitrogens with zero attached hydrogens (tertiary/aromatic N) is 1. The zero-order valence-electron chi connectivity index (χ0n) is 21.0. The van der Waals surface area contributed by atoms with Crippen molar-refractivity contribution in [3.8, 4) is 5.75 Å². The highest BCUT2D eigenvalue weighted by molar-refractivity contribution is 9.10. The van der Waals surface area contributed by atoms with Gasteiger partial charge in [0.05, 0.1) is 24.5 Å². The van der Waals surface area contributed by atoms with Gasteiger partial charge >= 0.3 is 0 Å². The molecule has 0 aliphatic heterocycles. The molecule has 2 heterocycles. The molecule has 1 aromatic carbocycles. The molecule has 0 unspecified atom stereocenters. The molecule has 1 N–H and O–H groups in total. The second-order valence-electron chi connectivity index (χ2n) is 10.4. The molecular weight excluding hydrogens is 524 g/mol. The second-order valence-corrected chi connectivity index (χ2v) is 12.4. The van der Waals surface area contributed by atoms with E-state index in [0.717, 1.165) is 51.4 Å². The van der Waals surface area contributed by atoms with Crippen LogP contribution in [0.2, 0.25) is 0 Å². The summed E-state index contributed by atoms with van der Waals surface area (Å²) in [5.41, 5.74) is 2.94. The molecule has 4 rings (SSSR count). The Morgan fingerprint density at radius 2 is 2.14 bits per heavy atom. The van der Waals surface area contributed by atoms with Crippen LogP contribution in [0.15, 0.2) is 50.5 Å². The largest absolute Gasteiger partial charge is 0.490 e. The molecule has 5 nitrogen and oxygen atoms in total. The topological polar surface area (TPSA) is 63.8 Å². The minimum atomic E-state index is -0.104. The van der Waals surface area contributed by atoms with Gasteiger partial charge in [0.1, 0.15) is 16.5 Å². The molecule has 0 spiro atoms. The quantitative estimate of drug-likeness (QED) is 0.303. The summed E-state index contributed by atoms with van der Waals surface area (Å²) >= 11 is 5.19. The van der Waals surface area contributed by atoms with Gasteiger partial charge in [-0.2, -0.15) is 0 Å². The van der Waals surface area contributed by atoms with Gasteiger partial charge in [-0.05, 0) is 80.3 Å². The molecule has 1 aliphatic rings. The molecule has 186 valence electrons. The normalized spacial score (nSPS) is 16.0. The molecule has 0 bridgehead atoms. The average Bonchev–Trinajstić information content (AvgIpc) is 3.43. The summed E-state index contributed by atoms with van der Waals surface area (Å²) in [7, 11) is 0. The van der Waals surface area contributed by atoms with Crippen LogP contribution >= 0.6 is 27.3 Å². The van der Waals surface area contributed by atoms with Crippen LogP contribution < -0.4 is 10.1 Å². The van der Waals surface area contributed by atoms with Crippen molar-refractivity contribution in [1.82, 2.24) is 5.32 Å². The number of halogens is 1. The molecular formula is C28H33BrN2O3S. The van der Waals surface area contributed by atoms with E-state index in [1.807, 2.05) is 50.4 Å². The van der Waals surface area contributed by atoms with E-state index >= 15 is 0 Å². The van der Waals surface area contributed by atoms with Crippen LogP contribution in [0.1, 0.15) is 73.2 Å². The number of furan rings is 1. The zero-order valence-corrected chi connectivity index (χ0v) is 23.4. The van der Waals surface area contributed by atoms with Gasteiger partial charge in [0.15, 0.2) is 0 Å². The van der Waals surface area contributed by atoms with Crippen molar-refractivity contribution in [2.24, 2.45) is 16.3 Å². The van der Waals surface area contributed by atoms with Crippen molar-refractivity contribution in [2.45, 2.75) is 66.5 Å². The van der Waals surface area contributed by atoms with Gasteiger partial charge in [0.25, 0.3) is 5.91 Å². The van der Waals surface area contributed by atoms with Crippen LogP contribution in [0.4, 0.5) is 5.00 Å². The number of carbonyl (C=O) groups excluding carboxylic acids is 1. The van der Waals surface area contributed by atoms with Crippen molar-refractivity contribution in [3.63, 3.8) is 0 Å². The number of thiophene rings is 1. The lowest BCUT2D eigenvalue weighted by atomic mass is 9.72. The number of ether oxygens (including phenoxy) is 1. The average molecular weight is 558 g/mol. The molecule has 0 radical (unpaired) electrons. The molecule has 1 atom stereocenters. The maximum absolute atomic E-state index is 13.4. The van der Waals surface area contributed by atoms with Crippen molar-refractivity contribution in [2.75, 3.05) is 0 Å². The second kappa shape index (κ2) is 10.7. The third kappa shape index (κ3) is 6.25. The first-order chi connectivity index (χ1) is 16.6. The van der Waals surface area contributed by atoms with Gasteiger partial charge < -0.3 is 14.5 Å². The Morgan fingerprint density at radius 1 is 1.34 bits per heavy atom. The highest BCUT2D eigenvalue weighted by Crippen LogP contribution is 2.45. The van der Waals surface area contributed by atoms with E-state index in [4.69, 9.17) is 14.1 Å². The van der Waals surface area contributed by atoms with E-state index < -0.39 is 0 Å². The third-order valence-corrected chi connectivity index (χ3v) is 8.01. The Kier molecular flexibility index (Phi) is 7.86. The van der Waals surface area contributed by atoms with E-state index in [1.165, 1.54) is 4.88 Å². The predicted octanol–water partition coefficient (Wildman–Crippen LogP) is 7.72. The van der Waals surface area contributed by atoms with E-state index in [1.54, 1.807) is 17.6 Å². The Balaban J connectivity index is 1.69. The number of aliphatic imine (C=N–C) groups is 1. The number of rotatable bonds is 7. The van der Waals surface area contributed by atoms with Crippen LogP contribution in [0.25, 0.3) is 0 Å². The van der Waals surface area contributed by atoms with Crippen LogP contribution in [0, 0.1) is 11.3 Å². The first kappa shape index (κ1) is 25.7. The highest BCUT2D eigenvalue weighted by Gasteiger charge is 2.33. The molecule has 1 aliphatic carbocycles. The van der Waals surface area contributed by atoms with E-state index in [9.17, 15) is 4.79 Å². The Bertz CT molecular complexity index is 1210. The van der Waals surface area contributed by atoms with Crippen LogP contribution in [0.3, 0.4) is 0 Å². The number of nitrogens with one attached hydrogen (secondary N) is 1. The van der Waals surface area contributed by atoms with E-state index in [2.05, 4.69) is 42.0 Å². The van der Waals surface area contributed by atoms with E-state index in [-0.39, 0.29) is 17.4 Å². The summed E-state index contributed by atoms with van der Waals surface area (Å²) in [5.74, 6) is 1.98. The number of carbonyl (C=O) groups is 1. The number of hydrogen-bond donors (Lipinski definition) is 1. The lowest BCUT2D eigenvalue weighted by molar-refractivity contribution is 0.0947. The molecule has 0 saturated heterocycles. The summed E-state index contributed by atoms with van der Waals surface area (Å²) in [4.78, 5) is 19.5. The summed E-state index contributed by atoms with van der Waals surface area (Å²) in [5, 5.41) is 3.78. The van der Waals surface area contributed by atoms with Crippen molar-refractivity contribution in [3.05, 3.63) is 68.4 Å². The lowest BCUT2D eigenvalue weighted by Gasteiger charge is -2.33. The maximum Gasteiger partial charge on any atom is 0.255 e. The molecule has 1 amide bonds. The Hall–Kier alpha value is -2.38. The smallest absolute Gasteiger partial charge is 0.255 e. The van der Waals surface area contributed by atoms with Crippen molar-refractivity contribution >= 4 is 44.4 Å². The van der Waals surface area contributed by atoms with Gasteiger partial charge in [-0.1, -0.05) is 36.7 Å². The number of amides is 1. The standard InChI is InChI=1S/C28H33BrN2O3S/c1-17(2)34-23-11-9-20(29)13-18(23)15-31-27-25(26(32)30-16-21-7-6-12-33-21)22-10-8-19(28(3,4)5)14-24(22)35-27/h6-7,9,11-13,15,17,19H,8,10,14,16H2,1-5H3,(H,30,32)/t19-/m0/s1. The first-order valence-electron chi connectivity index (χ1n) is 12.1. The molecule has 7 heteroatoms. The van der Waals surface area contributed by atoms with Gasteiger partial charge in [-0.15, -0.1) is 11.3 Å². The fourth-order valence-electron chi connectivity index (χ4n) is 4.41. The fourth-order valence-corrected chi connectivity index (χ4v) is 6.06. The first-order valence-corrected chi connectivity index (χ1v) is 13.7. The molecule has 2 aromatic heterocycles. The highest BCUT2D eigenvalue weighted by atomic mass is 79.9. The summed E-state index contributed by atoms with van der Waals surface area (Å²) in [6, 6.07) is 9.57. The van der Waals surface area contributed by atoms with Crippen molar-refractivity contribution < 1.29 is 13.9 Å². The molecule has 0 fully saturated rings. The SMILES string of the molecule is CC(C)Oc1ccc(Br)cc1C=Nc1sc2c(c1C(=O)NCc1ccco1)CC[C@H](C(C)(C)C)C2. The minimum absolute atomic E-state index is 0.0506. The zero-order chi connectivity index (χ0) is 25.2. The molecule has 3 aromatic rings. The summed E-state index contributed by atoms with van der Waals surface area (Å²) in [6.07, 6.45) is 6.43. The van der Waals surface area contributed by atoms with E-state index in [0.29, 0.717) is 18.0 Å². The predicted molar refractivity (Wildman–Crippen MR) is 146 cm³/mol. The molecule has 0 saturated carbocycles. The monoisotopic (exact) mass is 556 g/mol. The molecule has 35 heavy (non-hydrogen) atoms. The minimum Gasteiger partial charge on any atom is -0.490 e. The van der Waals surface area contributed by atoms with Crippen LogP contribution in [-0.2, 0) is 19.4 Å². The number of benzene rings is 1. The fraction of sp³-hybridized carbons (Fsp3) is 0.429. The van der Waals surface area contributed by atoms with Gasteiger partial charge in [0, 0.05) is 21.1 Å². The van der Waals surface area contributed by atoms with Gasteiger partial charge in [-0.3, -0.25) is 4.79 Å². The summed E-state index contributed by atoms with van der Waals surface area (Å²) < 4.78 is 12.3. The van der Waals surface area contributed by atoms with Crippen LogP contribution in [-0.4, -0.2) is 18.2 Å². The van der Waals surface area contributed by atoms with Crippen molar-refractivity contribution in [1.29, 1.82) is 0 Å². The van der Waals surface area contributed by atoms with Gasteiger partial charge in [-0.25, -0.2) is 4.99 Å². The lowest BCUT2D eigenvalue weighted by Crippen LogP contribution is -2.28. The Morgan fingerprint density at radius 3 is 2.83 bits per heavy atom. The van der Waals surface area contributed by atoms with Gasteiger partial charge in [0.2, 0.25) is 0 Å². The summed E-state index contributed by atoms with van der Waals surface area (Å²) in [6.45, 7) is 11.3. The number of hydrogen-bond acceptors (Lipinski definition) is 5.